The molecule has 0 spiro atoms. The predicted molar refractivity (Wildman–Crippen MR) is 137 cm³/mol. The Balaban J connectivity index is 1.39. The van der Waals surface area contributed by atoms with Gasteiger partial charge in [0.2, 0.25) is 5.95 Å². The lowest BCUT2D eigenvalue weighted by Crippen LogP contribution is -2.34. The number of aromatic nitrogens is 5. The van der Waals surface area contributed by atoms with Crippen LogP contribution in [0.15, 0.2) is 43.0 Å². The highest BCUT2D eigenvalue weighted by Gasteiger charge is 2.32. The van der Waals surface area contributed by atoms with Gasteiger partial charge in [-0.05, 0) is 44.6 Å². The molecule has 12 heteroatoms. The first-order valence-corrected chi connectivity index (χ1v) is 12.1. The van der Waals surface area contributed by atoms with Crippen LogP contribution in [0.3, 0.4) is 0 Å². The normalized spacial score (nSPS) is 16.9. The number of hydrogen-bond acceptors (Lipinski definition) is 8. The standard InChI is InChI=1S/C26H26F3N9/c1-15(16-4-5-22(31-10-16)38(3)19-6-7-37(2)14-19)35-25-34-11-17(9-30)23(36-25)21-13-33-24-20(21)8-18(12-32-24)26(27,28)29/h4-5,8,10-13,15,19H,6-7,14H2,1-3H3,(H,32,33)(H,34,35,36). The molecule has 0 radical (unpaired) electrons. The van der Waals surface area contributed by atoms with Gasteiger partial charge in [-0.25, -0.2) is 19.9 Å². The van der Waals surface area contributed by atoms with Crippen molar-refractivity contribution in [3.8, 4) is 17.3 Å². The summed E-state index contributed by atoms with van der Waals surface area (Å²) in [6.45, 7) is 4.00. The number of rotatable bonds is 6. The van der Waals surface area contributed by atoms with Crippen LogP contribution in [-0.4, -0.2) is 63.0 Å². The number of pyridine rings is 2. The van der Waals surface area contributed by atoms with Gasteiger partial charge in [-0.2, -0.15) is 18.4 Å². The molecule has 0 aliphatic carbocycles. The summed E-state index contributed by atoms with van der Waals surface area (Å²) in [4.78, 5) is 24.6. The van der Waals surface area contributed by atoms with E-state index in [4.69, 9.17) is 0 Å². The second kappa shape index (κ2) is 9.90. The first kappa shape index (κ1) is 25.4. The van der Waals surface area contributed by atoms with E-state index in [1.807, 2.05) is 25.1 Å². The van der Waals surface area contributed by atoms with Gasteiger partial charge in [-0.15, -0.1) is 0 Å². The molecule has 1 aliphatic rings. The summed E-state index contributed by atoms with van der Waals surface area (Å²) in [7, 11) is 4.17. The number of nitrogens with zero attached hydrogens (tertiary/aromatic N) is 7. The van der Waals surface area contributed by atoms with E-state index in [9.17, 15) is 18.4 Å². The quantitative estimate of drug-likeness (QED) is 0.378. The molecule has 9 nitrogen and oxygen atoms in total. The molecule has 4 aromatic rings. The van der Waals surface area contributed by atoms with Gasteiger partial charge in [0, 0.05) is 49.2 Å². The molecular formula is C26H26F3N9. The molecule has 5 heterocycles. The SMILES string of the molecule is CC(Nc1ncc(C#N)c(-c2c[nH]c3ncc(C(F)(F)F)cc23)n1)c1ccc(N(C)C2CCN(C)C2)nc1. The molecule has 1 fully saturated rings. The Hall–Kier alpha value is -4.24. The highest BCUT2D eigenvalue weighted by molar-refractivity contribution is 5.94. The van der Waals surface area contributed by atoms with E-state index >= 15 is 0 Å². The Morgan fingerprint density at radius 2 is 2.03 bits per heavy atom. The maximum atomic E-state index is 13.3. The lowest BCUT2D eigenvalue weighted by atomic mass is 10.1. The first-order chi connectivity index (χ1) is 18.1. The summed E-state index contributed by atoms with van der Waals surface area (Å²) in [6.07, 6.45) is 1.97. The van der Waals surface area contributed by atoms with Gasteiger partial charge in [0.25, 0.3) is 0 Å². The van der Waals surface area contributed by atoms with Crippen molar-refractivity contribution in [2.45, 2.75) is 31.6 Å². The second-order valence-electron chi connectivity index (χ2n) is 9.52. The van der Waals surface area contributed by atoms with Crippen LogP contribution < -0.4 is 10.2 Å². The highest BCUT2D eigenvalue weighted by atomic mass is 19.4. The van der Waals surface area contributed by atoms with Crippen LogP contribution in [0, 0.1) is 11.3 Å². The summed E-state index contributed by atoms with van der Waals surface area (Å²) in [5.74, 6) is 1.13. The average Bonchev–Trinajstić information content (AvgIpc) is 3.53. The Bertz CT molecular complexity index is 1490. The van der Waals surface area contributed by atoms with Gasteiger partial charge in [-0.3, -0.25) is 0 Å². The Kier molecular flexibility index (Phi) is 6.62. The Labute approximate surface area is 217 Å². The highest BCUT2D eigenvalue weighted by Crippen LogP contribution is 2.35. The third kappa shape index (κ3) is 4.97. The van der Waals surface area contributed by atoms with E-state index in [1.54, 1.807) is 6.20 Å². The van der Waals surface area contributed by atoms with Crippen LogP contribution in [0.1, 0.15) is 36.1 Å². The molecule has 196 valence electrons. The van der Waals surface area contributed by atoms with Crippen molar-refractivity contribution in [1.82, 2.24) is 29.8 Å². The molecule has 2 atom stereocenters. The van der Waals surface area contributed by atoms with Crippen LogP contribution in [0.4, 0.5) is 24.9 Å². The number of hydrogen-bond donors (Lipinski definition) is 2. The maximum absolute atomic E-state index is 13.3. The fourth-order valence-electron chi connectivity index (χ4n) is 4.65. The van der Waals surface area contributed by atoms with E-state index in [0.717, 1.165) is 43.2 Å². The number of aromatic amines is 1. The van der Waals surface area contributed by atoms with Crippen LogP contribution in [0.2, 0.25) is 0 Å². The third-order valence-electron chi connectivity index (χ3n) is 6.91. The molecular weight excluding hydrogens is 495 g/mol. The molecule has 0 amide bonds. The number of nitriles is 1. The maximum Gasteiger partial charge on any atom is 0.417 e. The predicted octanol–water partition coefficient (Wildman–Crippen LogP) is 4.62. The van der Waals surface area contributed by atoms with E-state index in [2.05, 4.69) is 54.1 Å². The molecule has 0 aromatic carbocycles. The zero-order chi connectivity index (χ0) is 27.0. The van der Waals surface area contributed by atoms with E-state index in [1.165, 1.54) is 12.4 Å². The minimum atomic E-state index is -4.55. The number of alkyl halides is 3. The fourth-order valence-corrected chi connectivity index (χ4v) is 4.65. The molecule has 38 heavy (non-hydrogen) atoms. The van der Waals surface area contributed by atoms with Crippen molar-refractivity contribution in [3.63, 3.8) is 0 Å². The Morgan fingerprint density at radius 3 is 2.68 bits per heavy atom. The van der Waals surface area contributed by atoms with Crippen molar-refractivity contribution in [1.29, 1.82) is 5.26 Å². The number of H-pyrrole nitrogens is 1. The summed E-state index contributed by atoms with van der Waals surface area (Å²) in [5, 5.41) is 13.0. The van der Waals surface area contributed by atoms with Gasteiger partial charge in [0.15, 0.2) is 0 Å². The summed E-state index contributed by atoms with van der Waals surface area (Å²) >= 11 is 0. The number of anilines is 2. The first-order valence-electron chi connectivity index (χ1n) is 12.1. The van der Waals surface area contributed by atoms with Crippen molar-refractivity contribution >= 4 is 22.8 Å². The fraction of sp³-hybridized carbons (Fsp3) is 0.346. The van der Waals surface area contributed by atoms with Crippen LogP contribution in [0.25, 0.3) is 22.3 Å². The van der Waals surface area contributed by atoms with Crippen LogP contribution in [0.5, 0.6) is 0 Å². The minimum Gasteiger partial charge on any atom is -0.355 e. The average molecular weight is 522 g/mol. The molecule has 0 bridgehead atoms. The lowest BCUT2D eigenvalue weighted by molar-refractivity contribution is -0.137. The smallest absolute Gasteiger partial charge is 0.355 e. The number of likely N-dealkylation sites (N-methyl/N-ethyl adjacent to an activating group) is 2. The lowest BCUT2D eigenvalue weighted by Gasteiger charge is -2.26. The van der Waals surface area contributed by atoms with Gasteiger partial charge in [0.1, 0.15) is 17.5 Å². The topological polar surface area (TPSA) is 110 Å². The third-order valence-corrected chi connectivity index (χ3v) is 6.91. The van der Waals surface area contributed by atoms with E-state index in [0.29, 0.717) is 11.6 Å². The van der Waals surface area contributed by atoms with Crippen molar-refractivity contribution in [2.24, 2.45) is 0 Å². The van der Waals surface area contributed by atoms with Gasteiger partial charge < -0.3 is 20.1 Å². The summed E-state index contributed by atoms with van der Waals surface area (Å²) in [5.41, 5.74) is 0.964. The Morgan fingerprint density at radius 1 is 1.21 bits per heavy atom. The zero-order valence-corrected chi connectivity index (χ0v) is 21.1. The second-order valence-corrected chi connectivity index (χ2v) is 9.52. The molecule has 2 N–H and O–H groups in total. The van der Waals surface area contributed by atoms with Gasteiger partial charge in [-0.1, -0.05) is 6.07 Å². The summed E-state index contributed by atoms with van der Waals surface area (Å²) in [6, 6.07) is 7.19. The van der Waals surface area contributed by atoms with Gasteiger partial charge in [0.05, 0.1) is 29.1 Å². The molecule has 4 aromatic heterocycles. The molecule has 0 saturated carbocycles. The molecule has 1 aliphatic heterocycles. The van der Waals surface area contributed by atoms with Crippen LogP contribution >= 0.6 is 0 Å². The molecule has 1 saturated heterocycles. The van der Waals surface area contributed by atoms with Crippen molar-refractivity contribution < 1.29 is 13.2 Å². The van der Waals surface area contributed by atoms with Crippen molar-refractivity contribution in [3.05, 3.63) is 59.7 Å². The molecule has 5 rings (SSSR count). The number of nitrogens with one attached hydrogen (secondary N) is 2. The zero-order valence-electron chi connectivity index (χ0n) is 21.1. The largest absolute Gasteiger partial charge is 0.417 e. The monoisotopic (exact) mass is 521 g/mol. The minimum absolute atomic E-state index is 0.133. The van der Waals surface area contributed by atoms with Crippen molar-refractivity contribution in [2.75, 3.05) is 37.4 Å². The number of halogens is 3. The van der Waals surface area contributed by atoms with E-state index < -0.39 is 11.7 Å². The van der Waals surface area contributed by atoms with Crippen LogP contribution in [-0.2, 0) is 6.18 Å². The summed E-state index contributed by atoms with van der Waals surface area (Å²) < 4.78 is 39.9. The van der Waals surface area contributed by atoms with E-state index in [-0.39, 0.29) is 34.3 Å². The number of likely N-dealkylation sites (tertiary alicyclic amines) is 1. The molecule has 2 unspecified atom stereocenters. The van der Waals surface area contributed by atoms with Gasteiger partial charge >= 0.3 is 6.18 Å². The number of fused-ring (bicyclic) bond motifs is 1.